The van der Waals surface area contributed by atoms with Crippen molar-refractivity contribution >= 4 is 21.5 Å². The normalized spacial score (nSPS) is 11.5. The quantitative estimate of drug-likeness (QED) is 0.806. The highest BCUT2D eigenvalue weighted by atomic mass is 32.2. The van der Waals surface area contributed by atoms with Crippen LogP contribution in [0.1, 0.15) is 12.7 Å². The summed E-state index contributed by atoms with van der Waals surface area (Å²) >= 11 is 0. The van der Waals surface area contributed by atoms with Crippen LogP contribution in [0.4, 0.5) is 11.6 Å². The van der Waals surface area contributed by atoms with Gasteiger partial charge in [-0.1, -0.05) is 6.92 Å². The zero-order chi connectivity index (χ0) is 13.1. The highest BCUT2D eigenvalue weighted by Crippen LogP contribution is 2.12. The van der Waals surface area contributed by atoms with Crippen LogP contribution in [0.25, 0.3) is 0 Å². The molecular formula is C10H18N4O2S. The number of nitrogens with two attached hydrogens (primary N) is 1. The van der Waals surface area contributed by atoms with Gasteiger partial charge in [0.05, 0.1) is 5.75 Å². The Balaban J connectivity index is 2.81. The number of anilines is 2. The first-order valence-corrected chi connectivity index (χ1v) is 7.40. The molecule has 0 saturated carbocycles. The van der Waals surface area contributed by atoms with E-state index in [0.29, 0.717) is 30.4 Å². The molecule has 0 aromatic carbocycles. The summed E-state index contributed by atoms with van der Waals surface area (Å²) in [5.41, 5.74) is 5.66. The van der Waals surface area contributed by atoms with Crippen LogP contribution in [0, 0.1) is 0 Å². The van der Waals surface area contributed by atoms with Gasteiger partial charge in [-0.15, -0.1) is 0 Å². The smallest absolute Gasteiger partial charge is 0.149 e. The van der Waals surface area contributed by atoms with E-state index in [-0.39, 0.29) is 5.75 Å². The first-order valence-electron chi connectivity index (χ1n) is 5.34. The Morgan fingerprint density at radius 1 is 1.41 bits per heavy atom. The Morgan fingerprint density at radius 2 is 2.06 bits per heavy atom. The van der Waals surface area contributed by atoms with Crippen molar-refractivity contribution in [1.29, 1.82) is 0 Å². The van der Waals surface area contributed by atoms with E-state index in [1.807, 2.05) is 6.92 Å². The van der Waals surface area contributed by atoms with Crippen LogP contribution in [0.5, 0.6) is 0 Å². The predicted octanol–water partition coefficient (Wildman–Crippen LogP) is 0.102. The Hall–Kier alpha value is -1.37. The van der Waals surface area contributed by atoms with Crippen LogP contribution >= 0.6 is 0 Å². The zero-order valence-corrected chi connectivity index (χ0v) is 11.2. The lowest BCUT2D eigenvalue weighted by atomic mass is 10.4. The third-order valence-corrected chi connectivity index (χ3v) is 3.21. The Morgan fingerprint density at radius 3 is 2.59 bits per heavy atom. The topological polar surface area (TPSA) is 89.2 Å². The molecule has 96 valence electrons. The van der Waals surface area contributed by atoms with Gasteiger partial charge in [-0.2, -0.15) is 0 Å². The molecule has 1 aromatic rings. The lowest BCUT2D eigenvalue weighted by molar-refractivity contribution is 0.601. The summed E-state index contributed by atoms with van der Waals surface area (Å²) in [6.07, 6.45) is 1.91. The van der Waals surface area contributed by atoms with E-state index in [0.717, 1.165) is 0 Å². The maximum atomic E-state index is 11.1. The number of aryl methyl sites for hydroxylation is 1. The van der Waals surface area contributed by atoms with Gasteiger partial charge in [-0.3, -0.25) is 0 Å². The Kier molecular flexibility index (Phi) is 4.28. The van der Waals surface area contributed by atoms with Gasteiger partial charge < -0.3 is 10.6 Å². The molecule has 0 unspecified atom stereocenters. The lowest BCUT2D eigenvalue weighted by Crippen LogP contribution is -2.26. The van der Waals surface area contributed by atoms with Gasteiger partial charge >= 0.3 is 0 Å². The van der Waals surface area contributed by atoms with E-state index in [4.69, 9.17) is 5.73 Å². The molecule has 1 rings (SSSR count). The fraction of sp³-hybridized carbons (Fsp3) is 0.600. The number of hydrogen-bond acceptors (Lipinski definition) is 6. The third-order valence-electron chi connectivity index (χ3n) is 2.28. The molecule has 6 nitrogen and oxygen atoms in total. The fourth-order valence-corrected chi connectivity index (χ4v) is 1.88. The average Bonchev–Trinajstić information content (AvgIpc) is 2.23. The summed E-state index contributed by atoms with van der Waals surface area (Å²) in [6.45, 7) is 2.33. The van der Waals surface area contributed by atoms with E-state index in [2.05, 4.69) is 9.97 Å². The van der Waals surface area contributed by atoms with Crippen LogP contribution in [-0.4, -0.2) is 44.0 Å². The van der Waals surface area contributed by atoms with Crippen molar-refractivity contribution in [2.24, 2.45) is 0 Å². The molecule has 0 amide bonds. The fourth-order valence-electron chi connectivity index (χ4n) is 1.27. The van der Waals surface area contributed by atoms with Crippen LogP contribution in [0.2, 0.25) is 0 Å². The molecule has 0 fully saturated rings. The van der Waals surface area contributed by atoms with E-state index >= 15 is 0 Å². The molecule has 0 bridgehead atoms. The second-order valence-electron chi connectivity index (χ2n) is 3.97. The van der Waals surface area contributed by atoms with Gasteiger partial charge in [-0.25, -0.2) is 18.4 Å². The molecule has 7 heteroatoms. The van der Waals surface area contributed by atoms with E-state index < -0.39 is 9.84 Å². The maximum absolute atomic E-state index is 11.1. The zero-order valence-electron chi connectivity index (χ0n) is 10.3. The van der Waals surface area contributed by atoms with Gasteiger partial charge in [0.15, 0.2) is 0 Å². The summed E-state index contributed by atoms with van der Waals surface area (Å²) in [5.74, 6) is 1.80. The molecule has 0 radical (unpaired) electrons. The van der Waals surface area contributed by atoms with Crippen LogP contribution in [0.3, 0.4) is 0 Å². The molecular weight excluding hydrogens is 240 g/mol. The monoisotopic (exact) mass is 258 g/mol. The second kappa shape index (κ2) is 5.31. The van der Waals surface area contributed by atoms with Crippen molar-refractivity contribution in [3.63, 3.8) is 0 Å². The lowest BCUT2D eigenvalue weighted by Gasteiger charge is -2.18. The van der Waals surface area contributed by atoms with E-state index in [1.165, 1.54) is 6.26 Å². The molecule has 17 heavy (non-hydrogen) atoms. The summed E-state index contributed by atoms with van der Waals surface area (Å²) in [7, 11) is -1.19. The SMILES string of the molecule is CCc1nc(N)cc(N(C)CCS(C)(=O)=O)n1. The van der Waals surface area contributed by atoms with Crippen molar-refractivity contribution in [2.45, 2.75) is 13.3 Å². The first kappa shape index (κ1) is 13.7. The standard InChI is InChI=1S/C10H18N4O2S/c1-4-9-12-8(11)7-10(13-9)14(2)5-6-17(3,15)16/h7H,4-6H2,1-3H3,(H2,11,12,13). The molecule has 0 atom stereocenters. The number of aromatic nitrogens is 2. The predicted molar refractivity (Wildman–Crippen MR) is 68.8 cm³/mol. The van der Waals surface area contributed by atoms with Gasteiger partial charge in [0, 0.05) is 32.3 Å². The minimum atomic E-state index is -2.97. The van der Waals surface area contributed by atoms with Crippen molar-refractivity contribution in [1.82, 2.24) is 9.97 Å². The van der Waals surface area contributed by atoms with Crippen LogP contribution in [0.15, 0.2) is 6.07 Å². The minimum absolute atomic E-state index is 0.0921. The summed E-state index contributed by atoms with van der Waals surface area (Å²) < 4.78 is 22.1. The molecule has 2 N–H and O–H groups in total. The summed E-state index contributed by atoms with van der Waals surface area (Å²) in [5, 5.41) is 0. The highest BCUT2D eigenvalue weighted by molar-refractivity contribution is 7.90. The largest absolute Gasteiger partial charge is 0.384 e. The van der Waals surface area contributed by atoms with Crippen LogP contribution in [-0.2, 0) is 16.3 Å². The number of hydrogen-bond donors (Lipinski definition) is 1. The average molecular weight is 258 g/mol. The van der Waals surface area contributed by atoms with E-state index in [9.17, 15) is 8.42 Å². The van der Waals surface area contributed by atoms with Gasteiger partial charge in [0.25, 0.3) is 0 Å². The van der Waals surface area contributed by atoms with Crippen molar-refractivity contribution in [3.05, 3.63) is 11.9 Å². The van der Waals surface area contributed by atoms with Gasteiger partial charge in [-0.05, 0) is 0 Å². The van der Waals surface area contributed by atoms with E-state index in [1.54, 1.807) is 18.0 Å². The van der Waals surface area contributed by atoms with Gasteiger partial charge in [0.1, 0.15) is 27.3 Å². The summed E-state index contributed by atoms with van der Waals surface area (Å²) in [6, 6.07) is 1.64. The Bertz CT molecular complexity index is 487. The van der Waals surface area contributed by atoms with Gasteiger partial charge in [0.2, 0.25) is 0 Å². The first-order chi connectivity index (χ1) is 7.81. The van der Waals surface area contributed by atoms with Crippen molar-refractivity contribution < 1.29 is 8.42 Å². The molecule has 1 aromatic heterocycles. The third kappa shape index (κ3) is 4.56. The Labute approximate surface area is 102 Å². The molecule has 0 saturated heterocycles. The molecule has 0 aliphatic rings. The van der Waals surface area contributed by atoms with Crippen LogP contribution < -0.4 is 10.6 Å². The van der Waals surface area contributed by atoms with Crippen molar-refractivity contribution in [3.8, 4) is 0 Å². The molecule has 0 aliphatic carbocycles. The highest BCUT2D eigenvalue weighted by Gasteiger charge is 2.09. The maximum Gasteiger partial charge on any atom is 0.149 e. The second-order valence-corrected chi connectivity index (χ2v) is 6.23. The number of rotatable bonds is 5. The minimum Gasteiger partial charge on any atom is -0.384 e. The number of nitrogens with zero attached hydrogens (tertiary/aromatic N) is 3. The molecule has 0 spiro atoms. The number of nitrogen functional groups attached to an aromatic ring is 1. The molecule has 1 heterocycles. The summed E-state index contributed by atoms with van der Waals surface area (Å²) in [4.78, 5) is 10.1. The molecule has 0 aliphatic heterocycles. The van der Waals surface area contributed by atoms with Crippen molar-refractivity contribution in [2.75, 3.05) is 36.2 Å². The number of sulfone groups is 1.